The van der Waals surface area contributed by atoms with E-state index in [2.05, 4.69) is 66.9 Å². The zero-order chi connectivity index (χ0) is 19.3. The molecule has 1 atom stereocenters. The number of H-pyrrole nitrogens is 1. The van der Waals surface area contributed by atoms with Crippen LogP contribution in [0.2, 0.25) is 0 Å². The zero-order valence-electron chi connectivity index (χ0n) is 16.4. The molecule has 7 nitrogen and oxygen atoms in total. The smallest absolute Gasteiger partial charge is 0.134 e. The van der Waals surface area contributed by atoms with Crippen LogP contribution in [-0.4, -0.2) is 46.3 Å². The zero-order valence-corrected chi connectivity index (χ0v) is 16.4. The Balaban J connectivity index is 1.39. The van der Waals surface area contributed by atoms with Gasteiger partial charge in [0.2, 0.25) is 0 Å². The minimum Gasteiger partial charge on any atom is -0.373 e. The molecule has 4 rings (SSSR count). The average Bonchev–Trinajstić information content (AvgIpc) is 3.38. The summed E-state index contributed by atoms with van der Waals surface area (Å²) in [6, 6.07) is 11.0. The Bertz CT molecular complexity index is 920. The van der Waals surface area contributed by atoms with E-state index in [1.807, 2.05) is 19.3 Å². The molecule has 1 fully saturated rings. The monoisotopic (exact) mass is 377 g/mol. The van der Waals surface area contributed by atoms with Crippen LogP contribution in [0.3, 0.4) is 0 Å². The maximum absolute atomic E-state index is 4.47. The standard InChI is InChI=1S/C21H27N7/c1-15-5-3-6-16(9-15)21-17(12-26-27-21)11-23-13-18-7-4-8-28(18)20-10-19(22-2)24-14-25-20/h3,5-6,9-10,12,14,18,23H,4,7-8,11,13H2,1-2H3,(H,26,27)(H,22,24,25). The molecule has 28 heavy (non-hydrogen) atoms. The Morgan fingerprint density at radius 1 is 1.25 bits per heavy atom. The molecule has 2 aromatic heterocycles. The summed E-state index contributed by atoms with van der Waals surface area (Å²) < 4.78 is 0. The summed E-state index contributed by atoms with van der Waals surface area (Å²) in [6.07, 6.45) is 5.90. The highest BCUT2D eigenvalue weighted by Gasteiger charge is 2.25. The van der Waals surface area contributed by atoms with Crippen LogP contribution in [0, 0.1) is 6.92 Å². The van der Waals surface area contributed by atoms with Gasteiger partial charge in [-0.25, -0.2) is 9.97 Å². The Kier molecular flexibility index (Phi) is 5.53. The summed E-state index contributed by atoms with van der Waals surface area (Å²) in [5.74, 6) is 1.84. The van der Waals surface area contributed by atoms with Crippen molar-refractivity contribution in [1.82, 2.24) is 25.5 Å². The predicted octanol–water partition coefficient (Wildman–Crippen LogP) is 2.98. The minimum atomic E-state index is 0.439. The van der Waals surface area contributed by atoms with Gasteiger partial charge in [0.15, 0.2) is 0 Å². The molecule has 7 heteroatoms. The quantitative estimate of drug-likeness (QED) is 0.587. The third-order valence-corrected chi connectivity index (χ3v) is 5.30. The van der Waals surface area contributed by atoms with E-state index in [1.54, 1.807) is 6.33 Å². The molecular weight excluding hydrogens is 350 g/mol. The van der Waals surface area contributed by atoms with Gasteiger partial charge in [-0.05, 0) is 25.8 Å². The Hall–Kier alpha value is -2.93. The molecule has 0 radical (unpaired) electrons. The molecule has 0 saturated carbocycles. The van der Waals surface area contributed by atoms with E-state index < -0.39 is 0 Å². The molecule has 1 unspecified atom stereocenters. The SMILES string of the molecule is CNc1cc(N2CCCC2CNCc2cn[nH]c2-c2cccc(C)c2)ncn1. The van der Waals surface area contributed by atoms with Gasteiger partial charge in [-0.3, -0.25) is 5.10 Å². The summed E-state index contributed by atoms with van der Waals surface area (Å²) in [4.78, 5) is 11.1. The van der Waals surface area contributed by atoms with Gasteiger partial charge < -0.3 is 15.5 Å². The van der Waals surface area contributed by atoms with Gasteiger partial charge in [-0.2, -0.15) is 5.10 Å². The number of anilines is 2. The van der Waals surface area contributed by atoms with E-state index in [-0.39, 0.29) is 0 Å². The van der Waals surface area contributed by atoms with E-state index in [4.69, 9.17) is 0 Å². The van der Waals surface area contributed by atoms with Crippen LogP contribution in [0.4, 0.5) is 11.6 Å². The lowest BCUT2D eigenvalue weighted by Gasteiger charge is -2.26. The Morgan fingerprint density at radius 3 is 3.04 bits per heavy atom. The first-order chi connectivity index (χ1) is 13.7. The van der Waals surface area contributed by atoms with Crippen molar-refractivity contribution in [2.24, 2.45) is 0 Å². The average molecular weight is 377 g/mol. The highest BCUT2D eigenvalue weighted by atomic mass is 15.2. The number of aryl methyl sites for hydroxylation is 1. The topological polar surface area (TPSA) is 81.8 Å². The Labute approximate surface area is 165 Å². The second-order valence-corrected chi connectivity index (χ2v) is 7.27. The minimum absolute atomic E-state index is 0.439. The summed E-state index contributed by atoms with van der Waals surface area (Å²) in [5, 5.41) is 14.1. The van der Waals surface area contributed by atoms with Crippen LogP contribution < -0.4 is 15.5 Å². The second kappa shape index (κ2) is 8.39. The van der Waals surface area contributed by atoms with Gasteiger partial charge >= 0.3 is 0 Å². The third kappa shape index (κ3) is 3.99. The lowest BCUT2D eigenvalue weighted by atomic mass is 10.1. The van der Waals surface area contributed by atoms with E-state index >= 15 is 0 Å². The van der Waals surface area contributed by atoms with Gasteiger partial charge in [-0.1, -0.05) is 23.8 Å². The fourth-order valence-electron chi connectivity index (χ4n) is 3.86. The lowest BCUT2D eigenvalue weighted by Crippen LogP contribution is -2.38. The van der Waals surface area contributed by atoms with Crippen LogP contribution in [0.1, 0.15) is 24.0 Å². The largest absolute Gasteiger partial charge is 0.373 e. The molecule has 0 spiro atoms. The third-order valence-electron chi connectivity index (χ3n) is 5.30. The first-order valence-corrected chi connectivity index (χ1v) is 9.81. The normalized spacial score (nSPS) is 16.5. The van der Waals surface area contributed by atoms with E-state index in [0.717, 1.165) is 37.0 Å². The summed E-state index contributed by atoms with van der Waals surface area (Å²) >= 11 is 0. The van der Waals surface area contributed by atoms with Crippen LogP contribution >= 0.6 is 0 Å². The molecule has 1 aliphatic rings. The molecule has 0 amide bonds. The molecular formula is C21H27N7. The van der Waals surface area contributed by atoms with E-state index in [1.165, 1.54) is 29.5 Å². The summed E-state index contributed by atoms with van der Waals surface area (Å²) in [6.45, 7) is 4.85. The molecule has 1 saturated heterocycles. The fourth-order valence-corrected chi connectivity index (χ4v) is 3.86. The van der Waals surface area contributed by atoms with Crippen molar-refractivity contribution in [3.63, 3.8) is 0 Å². The maximum Gasteiger partial charge on any atom is 0.134 e. The highest BCUT2D eigenvalue weighted by molar-refractivity contribution is 5.63. The van der Waals surface area contributed by atoms with Gasteiger partial charge in [0.1, 0.15) is 18.0 Å². The number of rotatable bonds is 7. The van der Waals surface area contributed by atoms with Crippen LogP contribution in [0.25, 0.3) is 11.3 Å². The first kappa shape index (κ1) is 18.4. The molecule has 1 aliphatic heterocycles. The number of hydrogen-bond donors (Lipinski definition) is 3. The maximum atomic E-state index is 4.47. The van der Waals surface area contributed by atoms with Crippen molar-refractivity contribution in [1.29, 1.82) is 0 Å². The van der Waals surface area contributed by atoms with Crippen LogP contribution in [-0.2, 0) is 6.54 Å². The lowest BCUT2D eigenvalue weighted by molar-refractivity contribution is 0.571. The molecule has 1 aromatic carbocycles. The molecule has 0 bridgehead atoms. The summed E-state index contributed by atoms with van der Waals surface area (Å²) in [5.41, 5.74) is 4.71. The number of aromatic amines is 1. The van der Waals surface area contributed by atoms with Crippen LogP contribution in [0.15, 0.2) is 42.9 Å². The number of aromatic nitrogens is 4. The first-order valence-electron chi connectivity index (χ1n) is 9.81. The second-order valence-electron chi connectivity index (χ2n) is 7.27. The van der Waals surface area contributed by atoms with Crippen molar-refractivity contribution in [2.75, 3.05) is 30.4 Å². The van der Waals surface area contributed by atoms with Crippen molar-refractivity contribution >= 4 is 11.6 Å². The molecule has 146 valence electrons. The van der Waals surface area contributed by atoms with E-state index in [9.17, 15) is 0 Å². The number of hydrogen-bond acceptors (Lipinski definition) is 6. The number of nitrogens with one attached hydrogen (secondary N) is 3. The van der Waals surface area contributed by atoms with Crippen molar-refractivity contribution in [3.8, 4) is 11.3 Å². The molecule has 3 N–H and O–H groups in total. The van der Waals surface area contributed by atoms with Gasteiger partial charge in [0.05, 0.1) is 11.9 Å². The number of nitrogens with zero attached hydrogens (tertiary/aromatic N) is 4. The predicted molar refractivity (Wildman–Crippen MR) is 112 cm³/mol. The van der Waals surface area contributed by atoms with Crippen molar-refractivity contribution in [2.45, 2.75) is 32.4 Å². The van der Waals surface area contributed by atoms with Crippen molar-refractivity contribution < 1.29 is 0 Å². The van der Waals surface area contributed by atoms with Gasteiger partial charge in [-0.15, -0.1) is 0 Å². The molecule has 3 aromatic rings. The Morgan fingerprint density at radius 2 is 2.18 bits per heavy atom. The molecule has 3 heterocycles. The fraction of sp³-hybridized carbons (Fsp3) is 0.381. The van der Waals surface area contributed by atoms with Crippen LogP contribution in [0.5, 0.6) is 0 Å². The number of benzene rings is 1. The van der Waals surface area contributed by atoms with Gasteiger partial charge in [0, 0.05) is 49.9 Å². The summed E-state index contributed by atoms with van der Waals surface area (Å²) in [7, 11) is 1.88. The van der Waals surface area contributed by atoms with Crippen molar-refractivity contribution in [3.05, 3.63) is 54.0 Å². The highest BCUT2D eigenvalue weighted by Crippen LogP contribution is 2.25. The van der Waals surface area contributed by atoms with Gasteiger partial charge in [0.25, 0.3) is 0 Å². The molecule has 0 aliphatic carbocycles. The van der Waals surface area contributed by atoms with E-state index in [0.29, 0.717) is 6.04 Å².